The van der Waals surface area contributed by atoms with E-state index < -0.39 is 0 Å². The molecular weight excluding hydrogens is 268 g/mol. The first kappa shape index (κ1) is 14.7. The molecule has 0 radical (unpaired) electrons. The van der Waals surface area contributed by atoms with Gasteiger partial charge in [0.05, 0.1) is 11.7 Å². The molecule has 2 atom stereocenters. The summed E-state index contributed by atoms with van der Waals surface area (Å²) in [6.07, 6.45) is 7.18. The highest BCUT2D eigenvalue weighted by molar-refractivity contribution is 7.99. The van der Waals surface area contributed by atoms with Crippen LogP contribution < -0.4 is 5.32 Å². The zero-order valence-corrected chi connectivity index (χ0v) is 13.7. The minimum absolute atomic E-state index is 0.189. The molecule has 1 saturated carbocycles. The monoisotopic (exact) mass is 296 g/mol. The molecule has 3 aliphatic rings. The van der Waals surface area contributed by atoms with Crippen LogP contribution in [-0.4, -0.2) is 40.6 Å². The summed E-state index contributed by atoms with van der Waals surface area (Å²) in [5.74, 6) is 4.29. The Kier molecular flexibility index (Phi) is 4.32. The number of rotatable bonds is 4. The molecule has 3 rings (SSSR count). The largest absolute Gasteiger partial charge is 0.325 e. The molecule has 2 heterocycles. The van der Waals surface area contributed by atoms with E-state index in [9.17, 15) is 4.79 Å². The van der Waals surface area contributed by atoms with Gasteiger partial charge in [0.1, 0.15) is 0 Å². The molecule has 1 spiro atoms. The Balaban J connectivity index is 1.73. The summed E-state index contributed by atoms with van der Waals surface area (Å²) in [6.45, 7) is 5.50. The van der Waals surface area contributed by atoms with Gasteiger partial charge in [-0.2, -0.15) is 11.8 Å². The highest BCUT2D eigenvalue weighted by atomic mass is 32.2. The van der Waals surface area contributed by atoms with Crippen molar-refractivity contribution in [1.29, 1.82) is 0 Å². The van der Waals surface area contributed by atoms with E-state index in [0.717, 1.165) is 31.7 Å². The summed E-state index contributed by atoms with van der Waals surface area (Å²) in [6, 6.07) is 0. The molecular formula is C16H28N2OS. The fraction of sp³-hybridized carbons (Fsp3) is 0.938. The van der Waals surface area contributed by atoms with E-state index in [0.29, 0.717) is 11.8 Å². The third kappa shape index (κ3) is 2.74. The molecule has 1 aliphatic carbocycles. The van der Waals surface area contributed by atoms with E-state index in [2.05, 4.69) is 24.1 Å². The molecule has 0 aromatic carbocycles. The van der Waals surface area contributed by atoms with Crippen molar-refractivity contribution in [3.63, 3.8) is 0 Å². The van der Waals surface area contributed by atoms with Crippen LogP contribution in [0.2, 0.25) is 0 Å². The van der Waals surface area contributed by atoms with E-state index in [1.165, 1.54) is 30.8 Å². The standard InChI is InChI=1S/C16H28N2OS/c1-12(2)9-14-17-16(6-3-4-7-16)15(19)18(14)10-13-5-8-20-11-13/h12-14,17H,3-11H2,1-2H3. The Morgan fingerprint density at radius 2 is 2.15 bits per heavy atom. The lowest BCUT2D eigenvalue weighted by Gasteiger charge is -2.27. The predicted octanol–water partition coefficient (Wildman–Crippen LogP) is 2.86. The average molecular weight is 296 g/mol. The van der Waals surface area contributed by atoms with Gasteiger partial charge in [-0.1, -0.05) is 26.7 Å². The summed E-state index contributed by atoms with van der Waals surface area (Å²) in [5, 5.41) is 3.74. The van der Waals surface area contributed by atoms with Crippen molar-refractivity contribution in [2.45, 2.75) is 64.1 Å². The second-order valence-electron chi connectivity index (χ2n) is 7.27. The van der Waals surface area contributed by atoms with Gasteiger partial charge in [-0.05, 0) is 49.0 Å². The third-order valence-electron chi connectivity index (χ3n) is 5.12. The molecule has 114 valence electrons. The van der Waals surface area contributed by atoms with Crippen molar-refractivity contribution >= 4 is 17.7 Å². The van der Waals surface area contributed by atoms with E-state index in [1.807, 2.05) is 11.8 Å². The zero-order chi connectivity index (χ0) is 14.2. The van der Waals surface area contributed by atoms with Gasteiger partial charge in [-0.25, -0.2) is 0 Å². The minimum Gasteiger partial charge on any atom is -0.325 e. The molecule has 2 aliphatic heterocycles. The molecule has 2 saturated heterocycles. The van der Waals surface area contributed by atoms with Crippen molar-refractivity contribution in [2.75, 3.05) is 18.1 Å². The van der Waals surface area contributed by atoms with Gasteiger partial charge >= 0.3 is 0 Å². The van der Waals surface area contributed by atoms with Crippen LogP contribution in [0.3, 0.4) is 0 Å². The van der Waals surface area contributed by atoms with Crippen LogP contribution in [-0.2, 0) is 4.79 Å². The van der Waals surface area contributed by atoms with Crippen LogP contribution in [0.1, 0.15) is 52.4 Å². The van der Waals surface area contributed by atoms with Gasteiger partial charge < -0.3 is 4.90 Å². The second-order valence-corrected chi connectivity index (χ2v) is 8.42. The van der Waals surface area contributed by atoms with Crippen LogP contribution >= 0.6 is 11.8 Å². The van der Waals surface area contributed by atoms with Crippen molar-refractivity contribution in [2.24, 2.45) is 11.8 Å². The number of hydrogen-bond donors (Lipinski definition) is 1. The number of amides is 1. The molecule has 20 heavy (non-hydrogen) atoms. The first-order valence-electron chi connectivity index (χ1n) is 8.27. The lowest BCUT2D eigenvalue weighted by Crippen LogP contribution is -2.45. The summed E-state index contributed by atoms with van der Waals surface area (Å²) >= 11 is 2.05. The number of nitrogens with zero attached hydrogens (tertiary/aromatic N) is 1. The number of nitrogens with one attached hydrogen (secondary N) is 1. The van der Waals surface area contributed by atoms with Crippen LogP contribution in [0, 0.1) is 11.8 Å². The Morgan fingerprint density at radius 1 is 1.40 bits per heavy atom. The summed E-state index contributed by atoms with van der Waals surface area (Å²) in [7, 11) is 0. The lowest BCUT2D eigenvalue weighted by molar-refractivity contribution is -0.133. The minimum atomic E-state index is -0.189. The molecule has 0 aromatic heterocycles. The van der Waals surface area contributed by atoms with E-state index in [-0.39, 0.29) is 11.7 Å². The zero-order valence-electron chi connectivity index (χ0n) is 12.9. The summed E-state index contributed by atoms with van der Waals surface area (Å²) in [5.41, 5.74) is -0.189. The molecule has 0 bridgehead atoms. The Bertz CT molecular complexity index is 359. The first-order valence-corrected chi connectivity index (χ1v) is 9.43. The molecule has 3 fully saturated rings. The van der Waals surface area contributed by atoms with Crippen molar-refractivity contribution < 1.29 is 4.79 Å². The van der Waals surface area contributed by atoms with Gasteiger partial charge in [0, 0.05) is 6.54 Å². The Hall–Kier alpha value is -0.220. The van der Waals surface area contributed by atoms with Crippen LogP contribution in [0.15, 0.2) is 0 Å². The topological polar surface area (TPSA) is 32.3 Å². The van der Waals surface area contributed by atoms with Gasteiger partial charge in [-0.15, -0.1) is 0 Å². The SMILES string of the molecule is CC(C)CC1NC2(CCCC2)C(=O)N1CC1CCSC1. The van der Waals surface area contributed by atoms with E-state index in [4.69, 9.17) is 0 Å². The first-order chi connectivity index (χ1) is 9.61. The maximum absolute atomic E-state index is 13.0. The van der Waals surface area contributed by atoms with E-state index in [1.54, 1.807) is 0 Å². The summed E-state index contributed by atoms with van der Waals surface area (Å²) in [4.78, 5) is 15.2. The van der Waals surface area contributed by atoms with Crippen LogP contribution in [0.5, 0.6) is 0 Å². The Labute approximate surface area is 127 Å². The van der Waals surface area contributed by atoms with E-state index >= 15 is 0 Å². The smallest absolute Gasteiger partial charge is 0.244 e. The van der Waals surface area contributed by atoms with Gasteiger partial charge in [0.25, 0.3) is 0 Å². The second kappa shape index (κ2) is 5.88. The van der Waals surface area contributed by atoms with Crippen molar-refractivity contribution in [3.8, 4) is 0 Å². The molecule has 3 nitrogen and oxygen atoms in total. The lowest BCUT2D eigenvalue weighted by atomic mass is 9.97. The van der Waals surface area contributed by atoms with Gasteiger partial charge in [0.2, 0.25) is 5.91 Å². The molecule has 1 amide bonds. The van der Waals surface area contributed by atoms with Crippen molar-refractivity contribution in [1.82, 2.24) is 10.2 Å². The Morgan fingerprint density at radius 3 is 2.75 bits per heavy atom. The molecule has 4 heteroatoms. The fourth-order valence-electron chi connectivity index (χ4n) is 4.06. The highest BCUT2D eigenvalue weighted by Gasteiger charge is 2.52. The van der Waals surface area contributed by atoms with Crippen LogP contribution in [0.25, 0.3) is 0 Å². The maximum atomic E-state index is 13.0. The number of carbonyl (C=O) groups excluding carboxylic acids is 1. The quantitative estimate of drug-likeness (QED) is 0.866. The van der Waals surface area contributed by atoms with Crippen LogP contribution in [0.4, 0.5) is 0 Å². The predicted molar refractivity (Wildman–Crippen MR) is 84.7 cm³/mol. The van der Waals surface area contributed by atoms with Gasteiger partial charge in [-0.3, -0.25) is 10.1 Å². The van der Waals surface area contributed by atoms with Gasteiger partial charge in [0.15, 0.2) is 0 Å². The summed E-state index contributed by atoms with van der Waals surface area (Å²) < 4.78 is 0. The molecule has 0 aromatic rings. The number of carbonyl (C=O) groups is 1. The third-order valence-corrected chi connectivity index (χ3v) is 6.35. The number of hydrogen-bond acceptors (Lipinski definition) is 3. The van der Waals surface area contributed by atoms with Crippen molar-refractivity contribution in [3.05, 3.63) is 0 Å². The number of thioether (sulfide) groups is 1. The average Bonchev–Trinajstić information content (AvgIpc) is 3.09. The molecule has 1 N–H and O–H groups in total. The maximum Gasteiger partial charge on any atom is 0.244 e. The normalized spacial score (nSPS) is 33.0. The fourth-order valence-corrected chi connectivity index (χ4v) is 5.33. The molecule has 2 unspecified atom stereocenters. The highest BCUT2D eigenvalue weighted by Crippen LogP contribution is 2.38.